The highest BCUT2D eigenvalue weighted by Gasteiger charge is 2.15. The number of carboxylic acid groups (broad SMARTS) is 1. The Hall–Kier alpha value is -2.50. The van der Waals surface area contributed by atoms with E-state index in [1.807, 2.05) is 0 Å². The summed E-state index contributed by atoms with van der Waals surface area (Å²) in [6.07, 6.45) is 0.978. The molecule has 2 rings (SSSR count). The zero-order valence-electron chi connectivity index (χ0n) is 7.89. The SMILES string of the molecule is O=C(O)c1c[nH]c2c(O)ccc(O)c2c1=O. The van der Waals surface area contributed by atoms with Gasteiger partial charge in [0.2, 0.25) is 5.43 Å². The Morgan fingerprint density at radius 1 is 1.19 bits per heavy atom. The van der Waals surface area contributed by atoms with E-state index in [9.17, 15) is 19.8 Å². The number of hydrogen-bond acceptors (Lipinski definition) is 4. The van der Waals surface area contributed by atoms with Gasteiger partial charge in [-0.05, 0) is 12.1 Å². The van der Waals surface area contributed by atoms with E-state index in [2.05, 4.69) is 4.98 Å². The number of H-pyrrole nitrogens is 1. The van der Waals surface area contributed by atoms with Gasteiger partial charge in [-0.1, -0.05) is 0 Å². The first-order valence-electron chi connectivity index (χ1n) is 4.32. The van der Waals surface area contributed by atoms with Crippen LogP contribution in [0, 0.1) is 0 Å². The molecule has 4 N–H and O–H groups in total. The molecule has 16 heavy (non-hydrogen) atoms. The van der Waals surface area contributed by atoms with Gasteiger partial charge in [-0.2, -0.15) is 0 Å². The summed E-state index contributed by atoms with van der Waals surface area (Å²) in [5, 5.41) is 27.4. The van der Waals surface area contributed by atoms with Crippen molar-refractivity contribution in [3.8, 4) is 11.5 Å². The number of nitrogens with one attached hydrogen (secondary N) is 1. The molecule has 0 spiro atoms. The summed E-state index contributed by atoms with van der Waals surface area (Å²) in [5.74, 6) is -2.01. The van der Waals surface area contributed by atoms with Crippen molar-refractivity contribution in [3.05, 3.63) is 34.1 Å². The summed E-state index contributed by atoms with van der Waals surface area (Å²) in [6, 6.07) is 2.33. The van der Waals surface area contributed by atoms with E-state index in [1.54, 1.807) is 0 Å². The highest BCUT2D eigenvalue weighted by Crippen LogP contribution is 2.27. The number of aromatic amines is 1. The molecular weight excluding hydrogens is 214 g/mol. The number of aromatic carboxylic acids is 1. The van der Waals surface area contributed by atoms with Crippen LogP contribution in [-0.4, -0.2) is 26.3 Å². The van der Waals surface area contributed by atoms with E-state index in [-0.39, 0.29) is 22.4 Å². The maximum absolute atomic E-state index is 11.7. The minimum absolute atomic E-state index is 0.00926. The van der Waals surface area contributed by atoms with E-state index < -0.39 is 17.0 Å². The maximum Gasteiger partial charge on any atom is 0.341 e. The number of aromatic hydroxyl groups is 2. The molecule has 0 atom stereocenters. The average Bonchev–Trinajstić information content (AvgIpc) is 2.23. The third-order valence-corrected chi connectivity index (χ3v) is 2.22. The van der Waals surface area contributed by atoms with Gasteiger partial charge in [0.05, 0.1) is 10.9 Å². The van der Waals surface area contributed by atoms with Crippen LogP contribution in [0.4, 0.5) is 0 Å². The molecule has 1 aromatic carbocycles. The lowest BCUT2D eigenvalue weighted by Crippen LogP contribution is -2.15. The number of benzene rings is 1. The van der Waals surface area contributed by atoms with E-state index in [1.165, 1.54) is 6.07 Å². The van der Waals surface area contributed by atoms with Crippen LogP contribution in [0.1, 0.15) is 10.4 Å². The quantitative estimate of drug-likeness (QED) is 0.528. The van der Waals surface area contributed by atoms with Gasteiger partial charge in [0.15, 0.2) is 0 Å². The zero-order chi connectivity index (χ0) is 11.9. The molecule has 0 saturated carbocycles. The van der Waals surface area contributed by atoms with E-state index in [4.69, 9.17) is 5.11 Å². The predicted molar refractivity (Wildman–Crippen MR) is 54.9 cm³/mol. The minimum atomic E-state index is -1.40. The Morgan fingerprint density at radius 3 is 2.44 bits per heavy atom. The van der Waals surface area contributed by atoms with Crippen molar-refractivity contribution in [2.24, 2.45) is 0 Å². The van der Waals surface area contributed by atoms with Crippen LogP contribution in [0.15, 0.2) is 23.1 Å². The molecule has 82 valence electrons. The first-order valence-corrected chi connectivity index (χ1v) is 4.32. The molecule has 0 aliphatic rings. The number of phenols is 2. The number of fused-ring (bicyclic) bond motifs is 1. The third-order valence-electron chi connectivity index (χ3n) is 2.22. The van der Waals surface area contributed by atoms with Crippen LogP contribution in [0.3, 0.4) is 0 Å². The summed E-state index contributed by atoms with van der Waals surface area (Å²) >= 11 is 0. The summed E-state index contributed by atoms with van der Waals surface area (Å²) in [4.78, 5) is 24.8. The number of phenolic OH excluding ortho intramolecular Hbond substituents is 2. The van der Waals surface area contributed by atoms with Crippen molar-refractivity contribution in [2.75, 3.05) is 0 Å². The average molecular weight is 221 g/mol. The number of carbonyl (C=O) groups is 1. The molecule has 0 radical (unpaired) electrons. The normalized spacial score (nSPS) is 10.5. The zero-order valence-corrected chi connectivity index (χ0v) is 7.89. The molecule has 0 aliphatic carbocycles. The largest absolute Gasteiger partial charge is 0.507 e. The van der Waals surface area contributed by atoms with Gasteiger partial charge >= 0.3 is 5.97 Å². The number of aromatic nitrogens is 1. The Balaban J connectivity index is 3.00. The Labute approximate surface area is 88.4 Å². The molecule has 0 amide bonds. The third kappa shape index (κ3) is 1.28. The molecule has 1 heterocycles. The Kier molecular flexibility index (Phi) is 2.05. The second-order valence-electron chi connectivity index (χ2n) is 3.19. The van der Waals surface area contributed by atoms with Gasteiger partial charge in [-0.15, -0.1) is 0 Å². The smallest absolute Gasteiger partial charge is 0.341 e. The van der Waals surface area contributed by atoms with Gasteiger partial charge in [-0.3, -0.25) is 4.79 Å². The Morgan fingerprint density at radius 2 is 1.81 bits per heavy atom. The van der Waals surface area contributed by atoms with Crippen molar-refractivity contribution in [1.29, 1.82) is 0 Å². The van der Waals surface area contributed by atoms with Gasteiger partial charge in [0.1, 0.15) is 17.1 Å². The van der Waals surface area contributed by atoms with Crippen LogP contribution in [0.5, 0.6) is 11.5 Å². The fraction of sp³-hybridized carbons (Fsp3) is 0. The summed E-state index contributed by atoms with van der Waals surface area (Å²) in [7, 11) is 0. The molecule has 0 fully saturated rings. The lowest BCUT2D eigenvalue weighted by atomic mass is 10.1. The second-order valence-corrected chi connectivity index (χ2v) is 3.19. The lowest BCUT2D eigenvalue weighted by molar-refractivity contribution is 0.0695. The molecular formula is C10H7NO5. The van der Waals surface area contributed by atoms with E-state index in [0.717, 1.165) is 12.3 Å². The van der Waals surface area contributed by atoms with Gasteiger partial charge in [0.25, 0.3) is 0 Å². The number of pyridine rings is 1. The molecule has 0 aliphatic heterocycles. The minimum Gasteiger partial charge on any atom is -0.507 e. The van der Waals surface area contributed by atoms with Crippen LogP contribution in [0.2, 0.25) is 0 Å². The van der Waals surface area contributed by atoms with Crippen molar-refractivity contribution in [3.63, 3.8) is 0 Å². The maximum atomic E-state index is 11.7. The van der Waals surface area contributed by atoms with Crippen molar-refractivity contribution < 1.29 is 20.1 Å². The van der Waals surface area contributed by atoms with Crippen LogP contribution >= 0.6 is 0 Å². The van der Waals surface area contributed by atoms with E-state index >= 15 is 0 Å². The lowest BCUT2D eigenvalue weighted by Gasteiger charge is -2.03. The highest BCUT2D eigenvalue weighted by molar-refractivity contribution is 5.96. The highest BCUT2D eigenvalue weighted by atomic mass is 16.4. The number of rotatable bonds is 1. The van der Waals surface area contributed by atoms with Crippen LogP contribution < -0.4 is 5.43 Å². The van der Waals surface area contributed by atoms with E-state index in [0.29, 0.717) is 0 Å². The van der Waals surface area contributed by atoms with Crippen LogP contribution in [-0.2, 0) is 0 Å². The van der Waals surface area contributed by atoms with Gasteiger partial charge in [-0.25, -0.2) is 4.79 Å². The second kappa shape index (κ2) is 3.27. The summed E-state index contributed by atoms with van der Waals surface area (Å²) in [5.41, 5.74) is -1.32. The first kappa shape index (κ1) is 10.0. The van der Waals surface area contributed by atoms with Crippen LogP contribution in [0.25, 0.3) is 10.9 Å². The molecule has 2 aromatic rings. The van der Waals surface area contributed by atoms with Crippen molar-refractivity contribution in [2.45, 2.75) is 0 Å². The van der Waals surface area contributed by atoms with Crippen molar-refractivity contribution >= 4 is 16.9 Å². The number of carboxylic acids is 1. The fourth-order valence-corrected chi connectivity index (χ4v) is 1.46. The summed E-state index contributed by atoms with van der Waals surface area (Å²) in [6.45, 7) is 0. The topological polar surface area (TPSA) is 111 Å². The standard InChI is InChI=1S/C10H7NO5/c12-5-1-2-6(13)8-7(5)9(14)4(3-11-8)10(15)16/h1-3,12-13H,(H,11,14)(H,15,16). The molecule has 0 unspecified atom stereocenters. The monoisotopic (exact) mass is 221 g/mol. The van der Waals surface area contributed by atoms with Gasteiger partial charge < -0.3 is 20.3 Å². The fourth-order valence-electron chi connectivity index (χ4n) is 1.46. The molecule has 6 heteroatoms. The Bertz CT molecular complexity index is 643. The van der Waals surface area contributed by atoms with Gasteiger partial charge in [0, 0.05) is 6.20 Å². The molecule has 6 nitrogen and oxygen atoms in total. The summed E-state index contributed by atoms with van der Waals surface area (Å²) < 4.78 is 0. The molecule has 0 saturated heterocycles. The number of hydrogen-bond donors (Lipinski definition) is 4. The first-order chi connectivity index (χ1) is 7.52. The predicted octanol–water partition coefficient (Wildman–Crippen LogP) is 0.637. The van der Waals surface area contributed by atoms with Crippen molar-refractivity contribution in [1.82, 2.24) is 4.98 Å². The molecule has 1 aromatic heterocycles. The molecule has 0 bridgehead atoms.